The van der Waals surface area contributed by atoms with Crippen LogP contribution in [-0.2, 0) is 0 Å². The number of nitro benzene ring substituents is 1. The first-order valence-electron chi connectivity index (χ1n) is 5.22. The highest BCUT2D eigenvalue weighted by molar-refractivity contribution is 5.58. The Morgan fingerprint density at radius 2 is 2.19 bits per heavy atom. The highest BCUT2D eigenvalue weighted by Crippen LogP contribution is 2.30. The summed E-state index contributed by atoms with van der Waals surface area (Å²) in [5, 5.41) is 13.9. The van der Waals surface area contributed by atoms with Gasteiger partial charge in [-0.25, -0.2) is 0 Å². The van der Waals surface area contributed by atoms with Crippen molar-refractivity contribution in [2.24, 2.45) is 0 Å². The van der Waals surface area contributed by atoms with Crippen LogP contribution in [0.1, 0.15) is 20.8 Å². The van der Waals surface area contributed by atoms with Crippen LogP contribution in [0.4, 0.5) is 11.4 Å². The molecule has 88 valence electrons. The second-order valence-electron chi connectivity index (χ2n) is 3.67. The maximum atomic E-state index is 10.7. The summed E-state index contributed by atoms with van der Waals surface area (Å²) in [6.07, 6.45) is 0. The van der Waals surface area contributed by atoms with Crippen LogP contribution in [0.15, 0.2) is 18.2 Å². The molecule has 0 atom stereocenters. The molecule has 5 nitrogen and oxygen atoms in total. The van der Waals surface area contributed by atoms with Crippen molar-refractivity contribution in [3.8, 4) is 5.75 Å². The van der Waals surface area contributed by atoms with Gasteiger partial charge in [0.15, 0.2) is 5.75 Å². The SMILES string of the molecule is CCOc1cc(NC(C)C)ccc1[N+](=O)[O-]. The molecule has 1 rings (SSSR count). The molecule has 1 aromatic rings. The van der Waals surface area contributed by atoms with Gasteiger partial charge in [0.2, 0.25) is 0 Å². The smallest absolute Gasteiger partial charge is 0.311 e. The van der Waals surface area contributed by atoms with Gasteiger partial charge in [-0.1, -0.05) is 0 Å². The van der Waals surface area contributed by atoms with E-state index in [2.05, 4.69) is 5.32 Å². The fourth-order valence-corrected chi connectivity index (χ4v) is 1.36. The number of rotatable bonds is 5. The van der Waals surface area contributed by atoms with Gasteiger partial charge in [0.05, 0.1) is 11.5 Å². The predicted octanol–water partition coefficient (Wildman–Crippen LogP) is 2.81. The maximum absolute atomic E-state index is 10.7. The number of hydrogen-bond acceptors (Lipinski definition) is 4. The van der Waals surface area contributed by atoms with Crippen LogP contribution in [0.5, 0.6) is 5.75 Å². The highest BCUT2D eigenvalue weighted by Gasteiger charge is 2.15. The molecule has 0 amide bonds. The number of anilines is 1. The number of nitrogens with zero attached hydrogens (tertiary/aromatic N) is 1. The summed E-state index contributed by atoms with van der Waals surface area (Å²) in [4.78, 5) is 10.3. The molecule has 16 heavy (non-hydrogen) atoms. The zero-order valence-electron chi connectivity index (χ0n) is 9.69. The minimum absolute atomic E-state index is 0.00356. The molecule has 0 spiro atoms. The maximum Gasteiger partial charge on any atom is 0.311 e. The van der Waals surface area contributed by atoms with Gasteiger partial charge in [-0.2, -0.15) is 0 Å². The zero-order chi connectivity index (χ0) is 12.1. The molecule has 0 aliphatic carbocycles. The van der Waals surface area contributed by atoms with Crippen molar-refractivity contribution in [3.05, 3.63) is 28.3 Å². The molecule has 1 aromatic carbocycles. The van der Waals surface area contributed by atoms with Crippen LogP contribution in [0, 0.1) is 10.1 Å². The van der Waals surface area contributed by atoms with E-state index in [0.29, 0.717) is 12.4 Å². The molecule has 0 aliphatic heterocycles. The third-order valence-electron chi connectivity index (χ3n) is 1.91. The lowest BCUT2D eigenvalue weighted by Gasteiger charge is -2.11. The molecule has 0 heterocycles. The van der Waals surface area contributed by atoms with Gasteiger partial charge >= 0.3 is 5.69 Å². The summed E-state index contributed by atoms with van der Waals surface area (Å²) in [7, 11) is 0. The van der Waals surface area contributed by atoms with Crippen LogP contribution < -0.4 is 10.1 Å². The number of hydrogen-bond donors (Lipinski definition) is 1. The third-order valence-corrected chi connectivity index (χ3v) is 1.91. The molecule has 0 saturated heterocycles. The topological polar surface area (TPSA) is 64.4 Å². The van der Waals surface area contributed by atoms with Crippen LogP contribution in [0.25, 0.3) is 0 Å². The molecule has 0 aliphatic rings. The Balaban J connectivity index is 3.02. The van der Waals surface area contributed by atoms with E-state index in [4.69, 9.17) is 4.74 Å². The summed E-state index contributed by atoms with van der Waals surface area (Å²) in [5.74, 6) is 0.304. The van der Waals surface area contributed by atoms with Crippen LogP contribution in [0.2, 0.25) is 0 Å². The molecule has 0 bridgehead atoms. The molecular weight excluding hydrogens is 208 g/mol. The molecule has 0 radical (unpaired) electrons. The zero-order valence-corrected chi connectivity index (χ0v) is 9.69. The lowest BCUT2D eigenvalue weighted by molar-refractivity contribution is -0.385. The largest absolute Gasteiger partial charge is 0.487 e. The summed E-state index contributed by atoms with van der Waals surface area (Å²) in [6.45, 7) is 6.21. The van der Waals surface area contributed by atoms with E-state index >= 15 is 0 Å². The highest BCUT2D eigenvalue weighted by atomic mass is 16.6. The molecule has 0 aromatic heterocycles. The van der Waals surface area contributed by atoms with E-state index < -0.39 is 4.92 Å². The van der Waals surface area contributed by atoms with Crippen molar-refractivity contribution in [2.45, 2.75) is 26.8 Å². The minimum atomic E-state index is -0.440. The quantitative estimate of drug-likeness (QED) is 0.617. The van der Waals surface area contributed by atoms with E-state index in [-0.39, 0.29) is 11.7 Å². The van der Waals surface area contributed by atoms with Crippen molar-refractivity contribution in [3.63, 3.8) is 0 Å². The van der Waals surface area contributed by atoms with Crippen molar-refractivity contribution >= 4 is 11.4 Å². The Morgan fingerprint density at radius 1 is 1.50 bits per heavy atom. The molecule has 1 N–H and O–H groups in total. The van der Waals surface area contributed by atoms with E-state index in [1.807, 2.05) is 13.8 Å². The van der Waals surface area contributed by atoms with Gasteiger partial charge in [-0.3, -0.25) is 10.1 Å². The normalized spacial score (nSPS) is 10.2. The molecule has 0 saturated carbocycles. The molecular formula is C11H16N2O3. The van der Waals surface area contributed by atoms with Gasteiger partial charge in [-0.15, -0.1) is 0 Å². The Kier molecular flexibility index (Phi) is 4.10. The minimum Gasteiger partial charge on any atom is -0.487 e. The Hall–Kier alpha value is -1.78. The molecule has 0 unspecified atom stereocenters. The standard InChI is InChI=1S/C11H16N2O3/c1-4-16-11-7-9(12-8(2)3)5-6-10(11)13(14)15/h5-8,12H,4H2,1-3H3. The number of nitro groups is 1. The van der Waals surface area contributed by atoms with Crippen molar-refractivity contribution in [1.29, 1.82) is 0 Å². The Labute approximate surface area is 94.6 Å². The lowest BCUT2D eigenvalue weighted by Crippen LogP contribution is -2.10. The fraction of sp³-hybridized carbons (Fsp3) is 0.455. The average Bonchev–Trinajstić information content (AvgIpc) is 2.17. The number of ether oxygens (including phenoxy) is 1. The van der Waals surface area contributed by atoms with Crippen LogP contribution in [-0.4, -0.2) is 17.6 Å². The first-order valence-corrected chi connectivity index (χ1v) is 5.22. The van der Waals surface area contributed by atoms with E-state index in [9.17, 15) is 10.1 Å². The van der Waals surface area contributed by atoms with E-state index in [1.54, 1.807) is 19.1 Å². The second kappa shape index (κ2) is 5.34. The first-order chi connectivity index (χ1) is 7.54. The van der Waals surface area contributed by atoms with Gasteiger partial charge in [0.25, 0.3) is 0 Å². The summed E-state index contributed by atoms with van der Waals surface area (Å²) in [5.41, 5.74) is 0.820. The Bertz CT molecular complexity index is 377. The van der Waals surface area contributed by atoms with Crippen molar-refractivity contribution < 1.29 is 9.66 Å². The number of nitrogens with one attached hydrogen (secondary N) is 1. The fourth-order valence-electron chi connectivity index (χ4n) is 1.36. The molecule has 5 heteroatoms. The van der Waals surface area contributed by atoms with Crippen LogP contribution in [0.3, 0.4) is 0 Å². The average molecular weight is 224 g/mol. The summed E-state index contributed by atoms with van der Waals surface area (Å²) in [6, 6.07) is 5.06. The monoisotopic (exact) mass is 224 g/mol. The lowest BCUT2D eigenvalue weighted by atomic mass is 10.2. The van der Waals surface area contributed by atoms with Crippen molar-refractivity contribution in [1.82, 2.24) is 0 Å². The summed E-state index contributed by atoms with van der Waals surface area (Å²) < 4.78 is 5.24. The van der Waals surface area contributed by atoms with Gasteiger partial charge in [-0.05, 0) is 26.8 Å². The first kappa shape index (κ1) is 12.3. The Morgan fingerprint density at radius 3 is 2.69 bits per heavy atom. The van der Waals surface area contributed by atoms with Gasteiger partial charge in [0, 0.05) is 23.9 Å². The molecule has 0 fully saturated rings. The number of benzene rings is 1. The van der Waals surface area contributed by atoms with Crippen LogP contribution >= 0.6 is 0 Å². The van der Waals surface area contributed by atoms with Gasteiger partial charge in [0.1, 0.15) is 0 Å². The summed E-state index contributed by atoms with van der Waals surface area (Å²) >= 11 is 0. The third kappa shape index (κ3) is 3.12. The predicted molar refractivity (Wildman–Crippen MR) is 63.0 cm³/mol. The van der Waals surface area contributed by atoms with Crippen molar-refractivity contribution in [2.75, 3.05) is 11.9 Å². The van der Waals surface area contributed by atoms with E-state index in [0.717, 1.165) is 5.69 Å². The van der Waals surface area contributed by atoms with E-state index in [1.165, 1.54) is 6.07 Å². The second-order valence-corrected chi connectivity index (χ2v) is 3.67. The van der Waals surface area contributed by atoms with Gasteiger partial charge < -0.3 is 10.1 Å².